The smallest absolute Gasteiger partial charge is 0.274 e. The molecule has 0 saturated carbocycles. The molecule has 3 aliphatic heterocycles. The number of benzene rings is 1. The van der Waals surface area contributed by atoms with Gasteiger partial charge in [-0.3, -0.25) is 14.4 Å². The molecule has 10 heteroatoms. The van der Waals surface area contributed by atoms with Crippen molar-refractivity contribution >= 4 is 15.7 Å². The number of ether oxygens (including phenoxy) is 2. The number of hydrogen-bond acceptors (Lipinski definition) is 7. The van der Waals surface area contributed by atoms with Gasteiger partial charge in [0.1, 0.15) is 0 Å². The van der Waals surface area contributed by atoms with E-state index in [1.165, 1.54) is 0 Å². The molecule has 33 heavy (non-hydrogen) atoms. The van der Waals surface area contributed by atoms with E-state index in [1.54, 1.807) is 24.1 Å². The first-order valence-electron chi connectivity index (χ1n) is 11.5. The molecule has 1 atom stereocenters. The third-order valence-electron chi connectivity index (χ3n) is 6.76. The van der Waals surface area contributed by atoms with Gasteiger partial charge in [-0.25, -0.2) is 8.42 Å². The van der Waals surface area contributed by atoms with Crippen molar-refractivity contribution in [2.45, 2.75) is 29.5 Å². The number of carbonyl (C=O) groups is 1. The second-order valence-corrected chi connectivity index (χ2v) is 10.8. The molecule has 2 fully saturated rings. The van der Waals surface area contributed by atoms with Crippen LogP contribution >= 0.6 is 0 Å². The number of likely N-dealkylation sites (tertiary alicyclic amines) is 1. The highest BCUT2D eigenvalue weighted by Crippen LogP contribution is 2.41. The molecule has 9 nitrogen and oxygen atoms in total. The SMILES string of the molecule is COCCN1CCCC(n2nc(C(=O)N3CCOCC3)c3c2-c2ccccc2S(=O)(=O)C3)C1. The van der Waals surface area contributed by atoms with Gasteiger partial charge in [0.05, 0.1) is 42.2 Å². The first-order chi connectivity index (χ1) is 16.0. The summed E-state index contributed by atoms with van der Waals surface area (Å²) in [6.07, 6.45) is 1.94. The summed E-state index contributed by atoms with van der Waals surface area (Å²) in [5, 5.41) is 4.83. The normalized spacial score (nSPS) is 22.6. The lowest BCUT2D eigenvalue weighted by atomic mass is 10.0. The molecule has 0 bridgehead atoms. The van der Waals surface area contributed by atoms with Crippen molar-refractivity contribution in [1.82, 2.24) is 19.6 Å². The van der Waals surface area contributed by atoms with Gasteiger partial charge >= 0.3 is 0 Å². The molecule has 1 aromatic heterocycles. The fourth-order valence-electron chi connectivity index (χ4n) is 5.10. The van der Waals surface area contributed by atoms with Crippen LogP contribution < -0.4 is 0 Å². The quantitative estimate of drug-likeness (QED) is 0.650. The molecule has 178 valence electrons. The highest BCUT2D eigenvalue weighted by Gasteiger charge is 2.38. The Kier molecular flexibility index (Phi) is 6.26. The van der Waals surface area contributed by atoms with E-state index in [0.29, 0.717) is 48.9 Å². The largest absolute Gasteiger partial charge is 0.383 e. The molecule has 0 radical (unpaired) electrons. The first kappa shape index (κ1) is 22.5. The number of hydrogen-bond donors (Lipinski definition) is 0. The van der Waals surface area contributed by atoms with E-state index in [4.69, 9.17) is 14.6 Å². The van der Waals surface area contributed by atoms with Crippen LogP contribution in [0.5, 0.6) is 0 Å². The maximum absolute atomic E-state index is 13.5. The summed E-state index contributed by atoms with van der Waals surface area (Å²) < 4.78 is 38.9. The van der Waals surface area contributed by atoms with Crippen LogP contribution in [0.2, 0.25) is 0 Å². The Morgan fingerprint density at radius 1 is 1.21 bits per heavy atom. The Balaban J connectivity index is 1.60. The van der Waals surface area contributed by atoms with Crippen molar-refractivity contribution < 1.29 is 22.7 Å². The Morgan fingerprint density at radius 2 is 2.00 bits per heavy atom. The van der Waals surface area contributed by atoms with Gasteiger partial charge in [0.2, 0.25) is 0 Å². The van der Waals surface area contributed by atoms with Crippen molar-refractivity contribution in [3.05, 3.63) is 35.5 Å². The lowest BCUT2D eigenvalue weighted by Crippen LogP contribution is -2.41. The topological polar surface area (TPSA) is 94.0 Å². The van der Waals surface area contributed by atoms with Gasteiger partial charge in [-0.2, -0.15) is 5.10 Å². The molecule has 2 saturated heterocycles. The summed E-state index contributed by atoms with van der Waals surface area (Å²) in [5.74, 6) is -0.417. The highest BCUT2D eigenvalue weighted by atomic mass is 32.2. The zero-order chi connectivity index (χ0) is 23.0. The molecule has 3 aliphatic rings. The molecule has 0 N–H and O–H groups in total. The Labute approximate surface area is 194 Å². The van der Waals surface area contributed by atoms with Crippen LogP contribution in [0, 0.1) is 0 Å². The predicted octanol–water partition coefficient (Wildman–Crippen LogP) is 1.59. The molecular weight excluding hydrogens is 444 g/mol. The third kappa shape index (κ3) is 4.21. The van der Waals surface area contributed by atoms with Crippen molar-refractivity contribution in [2.75, 3.05) is 59.7 Å². The summed E-state index contributed by atoms with van der Waals surface area (Å²) >= 11 is 0. The van der Waals surface area contributed by atoms with E-state index in [1.807, 2.05) is 16.8 Å². The fraction of sp³-hybridized carbons (Fsp3) is 0.565. The molecule has 0 aliphatic carbocycles. The van der Waals surface area contributed by atoms with E-state index in [0.717, 1.165) is 38.2 Å². The molecule has 2 aromatic rings. The van der Waals surface area contributed by atoms with E-state index in [9.17, 15) is 13.2 Å². The van der Waals surface area contributed by atoms with Crippen LogP contribution in [0.3, 0.4) is 0 Å². The monoisotopic (exact) mass is 474 g/mol. The van der Waals surface area contributed by atoms with Gasteiger partial charge in [0, 0.05) is 44.4 Å². The average molecular weight is 475 g/mol. The summed E-state index contributed by atoms with van der Waals surface area (Å²) in [7, 11) is -1.86. The number of carbonyl (C=O) groups excluding carboxylic acids is 1. The number of morpholine rings is 1. The van der Waals surface area contributed by atoms with Crippen molar-refractivity contribution in [1.29, 1.82) is 0 Å². The summed E-state index contributed by atoms with van der Waals surface area (Å²) in [6.45, 7) is 5.20. The van der Waals surface area contributed by atoms with E-state index in [-0.39, 0.29) is 23.4 Å². The fourth-order valence-corrected chi connectivity index (χ4v) is 6.69. The number of fused-ring (bicyclic) bond motifs is 3. The minimum absolute atomic E-state index is 0.0597. The summed E-state index contributed by atoms with van der Waals surface area (Å²) in [6, 6.07) is 7.13. The molecule has 4 heterocycles. The van der Waals surface area contributed by atoms with Crippen LogP contribution in [0.25, 0.3) is 11.3 Å². The second kappa shape index (κ2) is 9.17. The lowest BCUT2D eigenvalue weighted by Gasteiger charge is -2.34. The minimum Gasteiger partial charge on any atom is -0.383 e. The van der Waals surface area contributed by atoms with Crippen LogP contribution in [0.4, 0.5) is 0 Å². The maximum atomic E-state index is 13.5. The molecule has 1 amide bonds. The van der Waals surface area contributed by atoms with Crippen molar-refractivity contribution in [3.63, 3.8) is 0 Å². The van der Waals surface area contributed by atoms with Gasteiger partial charge in [-0.1, -0.05) is 18.2 Å². The van der Waals surface area contributed by atoms with Crippen molar-refractivity contribution in [2.24, 2.45) is 0 Å². The third-order valence-corrected chi connectivity index (χ3v) is 8.45. The molecular formula is C23H30N4O5S. The summed E-state index contributed by atoms with van der Waals surface area (Å²) in [5.41, 5.74) is 2.20. The second-order valence-electron chi connectivity index (χ2n) is 8.87. The summed E-state index contributed by atoms with van der Waals surface area (Å²) in [4.78, 5) is 17.9. The molecule has 5 rings (SSSR count). The number of amides is 1. The number of piperidine rings is 1. The van der Waals surface area contributed by atoms with Crippen LogP contribution in [-0.4, -0.2) is 93.6 Å². The van der Waals surface area contributed by atoms with E-state index >= 15 is 0 Å². The number of rotatable bonds is 5. The average Bonchev–Trinajstić information content (AvgIpc) is 3.22. The zero-order valence-electron chi connectivity index (χ0n) is 18.9. The number of sulfone groups is 1. The molecule has 1 unspecified atom stereocenters. The van der Waals surface area contributed by atoms with Crippen LogP contribution in [-0.2, 0) is 25.1 Å². The van der Waals surface area contributed by atoms with Crippen LogP contribution in [0.15, 0.2) is 29.2 Å². The number of aromatic nitrogens is 2. The lowest BCUT2D eigenvalue weighted by molar-refractivity contribution is 0.0297. The van der Waals surface area contributed by atoms with Gasteiger partial charge in [-0.05, 0) is 25.5 Å². The predicted molar refractivity (Wildman–Crippen MR) is 122 cm³/mol. The zero-order valence-corrected chi connectivity index (χ0v) is 19.7. The van der Waals surface area contributed by atoms with Crippen LogP contribution in [0.1, 0.15) is 34.9 Å². The first-order valence-corrected chi connectivity index (χ1v) is 13.2. The molecule has 1 aromatic carbocycles. The maximum Gasteiger partial charge on any atom is 0.274 e. The highest BCUT2D eigenvalue weighted by molar-refractivity contribution is 7.90. The number of methoxy groups -OCH3 is 1. The van der Waals surface area contributed by atoms with Crippen molar-refractivity contribution in [3.8, 4) is 11.3 Å². The van der Waals surface area contributed by atoms with Gasteiger partial charge in [-0.15, -0.1) is 0 Å². The standard InChI is InChI=1S/C23H30N4O5S/c1-31-12-9-25-8-4-5-17(15-25)27-22-18-6-2-3-7-20(18)33(29,30)16-19(22)21(24-27)23(28)26-10-13-32-14-11-26/h2-3,6-7,17H,4-5,8-16H2,1H3. The Hall–Kier alpha value is -2.27. The van der Waals surface area contributed by atoms with E-state index in [2.05, 4.69) is 4.90 Å². The molecule has 0 spiro atoms. The Bertz CT molecular complexity index is 1140. The number of nitrogens with zero attached hydrogens (tertiary/aromatic N) is 4. The van der Waals surface area contributed by atoms with Gasteiger partial charge < -0.3 is 14.4 Å². The van der Waals surface area contributed by atoms with E-state index < -0.39 is 9.84 Å². The minimum atomic E-state index is -3.56. The van der Waals surface area contributed by atoms with Gasteiger partial charge in [0.15, 0.2) is 15.5 Å². The Morgan fingerprint density at radius 3 is 2.79 bits per heavy atom. The van der Waals surface area contributed by atoms with Gasteiger partial charge in [0.25, 0.3) is 5.91 Å².